The Morgan fingerprint density at radius 1 is 1.00 bits per heavy atom. The summed E-state index contributed by atoms with van der Waals surface area (Å²) in [6, 6.07) is 14.1. The minimum atomic E-state index is -4.50. The molecule has 1 heterocycles. The number of fused-ring (bicyclic) bond motifs is 1. The first-order chi connectivity index (χ1) is 18.3. The summed E-state index contributed by atoms with van der Waals surface area (Å²) >= 11 is 0. The second-order valence-corrected chi connectivity index (χ2v) is 9.47. The first-order valence-corrected chi connectivity index (χ1v) is 12.1. The summed E-state index contributed by atoms with van der Waals surface area (Å²) in [5.74, 6) is 0.864. The molecule has 0 atom stereocenters. The third-order valence-electron chi connectivity index (χ3n) is 6.27. The van der Waals surface area contributed by atoms with Crippen LogP contribution in [0.15, 0.2) is 54.6 Å². The Balaban J connectivity index is 1.65. The van der Waals surface area contributed by atoms with Crippen LogP contribution >= 0.6 is 0 Å². The van der Waals surface area contributed by atoms with Gasteiger partial charge in [0.15, 0.2) is 0 Å². The van der Waals surface area contributed by atoms with Crippen LogP contribution in [0.1, 0.15) is 22.5 Å². The molecule has 0 bridgehead atoms. The molecule has 3 aromatic carbocycles. The summed E-state index contributed by atoms with van der Waals surface area (Å²) in [6.07, 6.45) is -4.45. The molecular weight excluding hydrogens is 509 g/mol. The van der Waals surface area contributed by atoms with Gasteiger partial charge in [0.25, 0.3) is 0 Å². The molecule has 0 aliphatic carbocycles. The fourth-order valence-electron chi connectivity index (χ4n) is 4.14. The number of alkyl halides is 3. The van der Waals surface area contributed by atoms with E-state index in [2.05, 4.69) is 15.3 Å². The predicted molar refractivity (Wildman–Crippen MR) is 146 cm³/mol. The zero-order valence-corrected chi connectivity index (χ0v) is 22.0. The molecule has 39 heavy (non-hydrogen) atoms. The quantitative estimate of drug-likeness (QED) is 0.276. The van der Waals surface area contributed by atoms with E-state index < -0.39 is 11.7 Å². The van der Waals surface area contributed by atoms with Crippen molar-refractivity contribution in [2.75, 3.05) is 37.1 Å². The number of phenols is 1. The van der Waals surface area contributed by atoms with Crippen molar-refractivity contribution in [3.05, 3.63) is 77.1 Å². The van der Waals surface area contributed by atoms with Crippen LogP contribution in [0.4, 0.5) is 36.1 Å². The number of likely N-dealkylation sites (N-methyl/N-ethyl adjacent to an activating group) is 1. The molecule has 1 aromatic heterocycles. The second kappa shape index (κ2) is 10.7. The number of carbonyl (C=O) groups is 1. The first-order valence-electron chi connectivity index (χ1n) is 12.1. The molecule has 204 valence electrons. The van der Waals surface area contributed by atoms with E-state index in [4.69, 9.17) is 5.73 Å². The normalized spacial score (nSPS) is 11.5. The van der Waals surface area contributed by atoms with Gasteiger partial charge in [-0.3, -0.25) is 4.79 Å². The Kier molecular flexibility index (Phi) is 7.53. The Bertz CT molecular complexity index is 1540. The third kappa shape index (κ3) is 6.31. The summed E-state index contributed by atoms with van der Waals surface area (Å²) in [4.78, 5) is 24.5. The molecule has 0 spiro atoms. The summed E-state index contributed by atoms with van der Waals surface area (Å²) in [6.45, 7) is 1.81. The Morgan fingerprint density at radius 3 is 2.38 bits per heavy atom. The third-order valence-corrected chi connectivity index (χ3v) is 6.27. The van der Waals surface area contributed by atoms with Crippen molar-refractivity contribution in [3.63, 3.8) is 0 Å². The molecule has 0 unspecified atom stereocenters. The highest BCUT2D eigenvalue weighted by Crippen LogP contribution is 2.34. The molecule has 0 saturated carbocycles. The van der Waals surface area contributed by atoms with Gasteiger partial charge in [-0.05, 0) is 67.1 Å². The lowest BCUT2D eigenvalue weighted by Gasteiger charge is -2.22. The van der Waals surface area contributed by atoms with E-state index >= 15 is 0 Å². The number of amides is 1. The number of aromatic hydroxyl groups is 1. The maximum Gasteiger partial charge on any atom is 0.416 e. The summed E-state index contributed by atoms with van der Waals surface area (Å²) in [5.41, 5.74) is 7.97. The van der Waals surface area contributed by atoms with Gasteiger partial charge in [0.05, 0.1) is 17.5 Å². The molecule has 8 nitrogen and oxygen atoms in total. The average Bonchev–Trinajstić information content (AvgIpc) is 2.87. The summed E-state index contributed by atoms with van der Waals surface area (Å²) in [5, 5.41) is 14.1. The number of nitrogen functional groups attached to an aromatic ring is 1. The smallest absolute Gasteiger partial charge is 0.416 e. The van der Waals surface area contributed by atoms with Crippen LogP contribution in [0.25, 0.3) is 10.9 Å². The maximum atomic E-state index is 13.2. The van der Waals surface area contributed by atoms with Crippen molar-refractivity contribution in [1.29, 1.82) is 0 Å². The highest BCUT2D eigenvalue weighted by Gasteiger charge is 2.31. The predicted octanol–water partition coefficient (Wildman–Crippen LogP) is 5.26. The standard InChI is InChI=1S/C28H29F3N6O2/c1-16-34-24-7-5-22(37(4)21-6-8-25(38)18(11-21)12-26(39)36(2)3)14-23(24)27(35-16)33-15-17-9-19(28(29,30)31)13-20(32)10-17/h5-11,13-14,38H,12,15,32H2,1-4H3,(H,33,34,35). The van der Waals surface area contributed by atoms with Gasteiger partial charge >= 0.3 is 6.18 Å². The van der Waals surface area contributed by atoms with Crippen molar-refractivity contribution in [2.45, 2.75) is 26.1 Å². The number of hydrogen-bond donors (Lipinski definition) is 3. The molecule has 0 aliphatic heterocycles. The SMILES string of the molecule is Cc1nc(NCc2cc(N)cc(C(F)(F)F)c2)c2cc(N(C)c3ccc(O)c(CC(=O)N(C)C)c3)ccc2n1. The van der Waals surface area contributed by atoms with Gasteiger partial charge in [-0.15, -0.1) is 0 Å². The summed E-state index contributed by atoms with van der Waals surface area (Å²) < 4.78 is 39.7. The van der Waals surface area contributed by atoms with Crippen LogP contribution < -0.4 is 16.0 Å². The van der Waals surface area contributed by atoms with Crippen molar-refractivity contribution >= 4 is 39.7 Å². The zero-order valence-electron chi connectivity index (χ0n) is 22.0. The highest BCUT2D eigenvalue weighted by molar-refractivity contribution is 5.92. The van der Waals surface area contributed by atoms with E-state index in [0.29, 0.717) is 33.7 Å². The number of rotatable bonds is 7. The lowest BCUT2D eigenvalue weighted by Crippen LogP contribution is -2.23. The number of anilines is 4. The molecule has 0 radical (unpaired) electrons. The number of aromatic nitrogens is 2. The van der Waals surface area contributed by atoms with Gasteiger partial charge < -0.3 is 26.0 Å². The lowest BCUT2D eigenvalue weighted by atomic mass is 10.1. The molecule has 4 rings (SSSR count). The Morgan fingerprint density at radius 2 is 1.69 bits per heavy atom. The van der Waals surface area contributed by atoms with Gasteiger partial charge in [0.2, 0.25) is 5.91 Å². The number of nitrogens with zero attached hydrogens (tertiary/aromatic N) is 4. The number of nitrogens with one attached hydrogen (secondary N) is 1. The monoisotopic (exact) mass is 538 g/mol. The molecule has 11 heteroatoms. The number of hydrogen-bond acceptors (Lipinski definition) is 7. The van der Waals surface area contributed by atoms with E-state index in [0.717, 1.165) is 23.5 Å². The van der Waals surface area contributed by atoms with Gasteiger partial charge in [-0.25, -0.2) is 9.97 Å². The minimum Gasteiger partial charge on any atom is -0.508 e. The molecule has 1 amide bonds. The molecule has 4 aromatic rings. The average molecular weight is 539 g/mol. The van der Waals surface area contributed by atoms with Crippen LogP contribution in [0.5, 0.6) is 5.75 Å². The summed E-state index contributed by atoms with van der Waals surface area (Å²) in [7, 11) is 5.16. The van der Waals surface area contributed by atoms with Crippen LogP contribution in [-0.4, -0.2) is 47.0 Å². The van der Waals surface area contributed by atoms with Crippen molar-refractivity contribution < 1.29 is 23.1 Å². The van der Waals surface area contributed by atoms with E-state index in [-0.39, 0.29) is 30.3 Å². The van der Waals surface area contributed by atoms with Crippen LogP contribution in [0, 0.1) is 6.92 Å². The van der Waals surface area contributed by atoms with Crippen LogP contribution in [-0.2, 0) is 23.9 Å². The van der Waals surface area contributed by atoms with E-state index in [1.54, 1.807) is 39.2 Å². The molecule has 0 saturated heterocycles. The molecule has 0 fully saturated rings. The van der Waals surface area contributed by atoms with E-state index in [9.17, 15) is 23.1 Å². The topological polar surface area (TPSA) is 108 Å². The van der Waals surface area contributed by atoms with E-state index in [1.165, 1.54) is 11.0 Å². The second-order valence-electron chi connectivity index (χ2n) is 9.47. The van der Waals surface area contributed by atoms with Gasteiger partial charge in [-0.1, -0.05) is 0 Å². The zero-order chi connectivity index (χ0) is 28.5. The van der Waals surface area contributed by atoms with Gasteiger partial charge in [0.1, 0.15) is 17.4 Å². The number of carbonyl (C=O) groups excluding carboxylic acids is 1. The van der Waals surface area contributed by atoms with Crippen LogP contribution in [0.3, 0.4) is 0 Å². The van der Waals surface area contributed by atoms with Gasteiger partial charge in [-0.2, -0.15) is 13.2 Å². The number of benzene rings is 3. The minimum absolute atomic E-state index is 0.0230. The number of aryl methyl sites for hydroxylation is 1. The molecule has 0 aliphatic rings. The molecular formula is C28H29F3N6O2. The van der Waals surface area contributed by atoms with Crippen molar-refractivity contribution in [1.82, 2.24) is 14.9 Å². The van der Waals surface area contributed by atoms with Crippen molar-refractivity contribution in [3.8, 4) is 5.75 Å². The number of halogens is 3. The maximum absolute atomic E-state index is 13.2. The first kappa shape index (κ1) is 27.5. The van der Waals surface area contributed by atoms with E-state index in [1.807, 2.05) is 30.1 Å². The Labute approximate surface area is 223 Å². The highest BCUT2D eigenvalue weighted by atomic mass is 19.4. The fourth-order valence-corrected chi connectivity index (χ4v) is 4.14. The largest absolute Gasteiger partial charge is 0.508 e. The number of phenolic OH excluding ortho intramolecular Hbond substituents is 1. The molecule has 4 N–H and O–H groups in total. The van der Waals surface area contributed by atoms with Crippen molar-refractivity contribution in [2.24, 2.45) is 0 Å². The Hall–Kier alpha value is -4.54. The number of nitrogens with two attached hydrogens (primary N) is 1. The van der Waals surface area contributed by atoms with Crippen LogP contribution in [0.2, 0.25) is 0 Å². The lowest BCUT2D eigenvalue weighted by molar-refractivity contribution is -0.137. The van der Waals surface area contributed by atoms with Gasteiger partial charge in [0, 0.05) is 55.7 Å². The fraction of sp³-hybridized carbons (Fsp3) is 0.250.